The highest BCUT2D eigenvalue weighted by molar-refractivity contribution is 7.99. The van der Waals surface area contributed by atoms with Crippen LogP contribution in [0.5, 0.6) is 0 Å². The summed E-state index contributed by atoms with van der Waals surface area (Å²) in [6.45, 7) is 6.70. The lowest BCUT2D eigenvalue weighted by molar-refractivity contribution is -0.171. The summed E-state index contributed by atoms with van der Waals surface area (Å²) in [4.78, 5) is 12.4. The summed E-state index contributed by atoms with van der Waals surface area (Å²) in [6, 6.07) is 0.296. The topological polar surface area (TPSA) is 64.3 Å². The van der Waals surface area contributed by atoms with Gasteiger partial charge < -0.3 is 15.8 Å². The molecule has 0 aromatic rings. The normalized spacial score (nSPS) is 38.2. The lowest BCUT2D eigenvalue weighted by atomic mass is 9.54. The largest absolute Gasteiger partial charge is 0.378 e. The molecule has 0 bridgehead atoms. The summed E-state index contributed by atoms with van der Waals surface area (Å²) in [5.41, 5.74) is 5.25. The minimum absolute atomic E-state index is 0.00375. The Bertz CT molecular complexity index is 329. The molecule has 1 aliphatic carbocycles. The third-order valence-corrected chi connectivity index (χ3v) is 5.66. The molecular formula is C13H24N2O2S. The fourth-order valence-corrected chi connectivity index (χ4v) is 3.94. The van der Waals surface area contributed by atoms with Crippen molar-refractivity contribution in [2.45, 2.75) is 51.3 Å². The smallest absolute Gasteiger partial charge is 0.241 e. The molecule has 104 valence electrons. The van der Waals surface area contributed by atoms with Crippen LogP contribution >= 0.6 is 11.8 Å². The molecule has 3 atom stereocenters. The minimum atomic E-state index is -0.778. The Hall–Kier alpha value is -0.260. The average Bonchev–Trinajstić information content (AvgIpc) is 2.81. The molecule has 2 fully saturated rings. The summed E-state index contributed by atoms with van der Waals surface area (Å²) in [7, 11) is 0. The predicted molar refractivity (Wildman–Crippen MR) is 74.6 cm³/mol. The van der Waals surface area contributed by atoms with E-state index in [0.29, 0.717) is 19.1 Å². The molecule has 18 heavy (non-hydrogen) atoms. The van der Waals surface area contributed by atoms with E-state index in [-0.39, 0.29) is 17.4 Å². The van der Waals surface area contributed by atoms with Crippen molar-refractivity contribution < 1.29 is 9.53 Å². The Morgan fingerprint density at radius 1 is 1.56 bits per heavy atom. The molecule has 3 N–H and O–H groups in total. The first-order valence-electron chi connectivity index (χ1n) is 6.71. The van der Waals surface area contributed by atoms with Gasteiger partial charge in [0.25, 0.3) is 0 Å². The molecule has 2 rings (SSSR count). The lowest BCUT2D eigenvalue weighted by Gasteiger charge is -2.57. The number of thioether (sulfide) groups is 1. The van der Waals surface area contributed by atoms with Crippen LogP contribution in [-0.2, 0) is 9.53 Å². The zero-order chi connectivity index (χ0) is 13.4. The van der Waals surface area contributed by atoms with E-state index in [4.69, 9.17) is 10.5 Å². The van der Waals surface area contributed by atoms with Crippen molar-refractivity contribution in [1.29, 1.82) is 0 Å². The molecule has 3 unspecified atom stereocenters. The van der Waals surface area contributed by atoms with Crippen LogP contribution in [0, 0.1) is 5.41 Å². The number of hydrogen-bond acceptors (Lipinski definition) is 4. The van der Waals surface area contributed by atoms with Gasteiger partial charge in [0.1, 0.15) is 5.54 Å². The van der Waals surface area contributed by atoms with Crippen LogP contribution in [0.1, 0.15) is 33.6 Å². The van der Waals surface area contributed by atoms with Crippen molar-refractivity contribution in [2.75, 3.05) is 18.1 Å². The molecule has 0 radical (unpaired) electrons. The molecule has 1 saturated carbocycles. The number of ether oxygens (including phenoxy) is 1. The lowest BCUT2D eigenvalue weighted by Crippen LogP contribution is -2.76. The van der Waals surface area contributed by atoms with E-state index in [2.05, 4.69) is 5.32 Å². The van der Waals surface area contributed by atoms with E-state index in [1.807, 2.05) is 32.5 Å². The monoisotopic (exact) mass is 272 g/mol. The number of amides is 1. The fourth-order valence-electron chi connectivity index (χ4n) is 2.78. The van der Waals surface area contributed by atoms with Crippen LogP contribution in [0.4, 0.5) is 0 Å². The van der Waals surface area contributed by atoms with Crippen LogP contribution in [0.3, 0.4) is 0 Å². The maximum Gasteiger partial charge on any atom is 0.241 e. The number of carbonyl (C=O) groups excluding carboxylic acids is 1. The average molecular weight is 272 g/mol. The van der Waals surface area contributed by atoms with Gasteiger partial charge in [0, 0.05) is 30.2 Å². The zero-order valence-corrected chi connectivity index (χ0v) is 12.3. The van der Waals surface area contributed by atoms with Crippen molar-refractivity contribution >= 4 is 17.7 Å². The van der Waals surface area contributed by atoms with Crippen LogP contribution in [0.15, 0.2) is 0 Å². The highest BCUT2D eigenvalue weighted by Crippen LogP contribution is 2.49. The van der Waals surface area contributed by atoms with E-state index in [1.165, 1.54) is 0 Å². The summed E-state index contributed by atoms with van der Waals surface area (Å²) >= 11 is 1.89. The van der Waals surface area contributed by atoms with Gasteiger partial charge in [-0.25, -0.2) is 0 Å². The van der Waals surface area contributed by atoms with Crippen LogP contribution < -0.4 is 11.1 Å². The van der Waals surface area contributed by atoms with Gasteiger partial charge in [-0.2, -0.15) is 11.8 Å². The van der Waals surface area contributed by atoms with Crippen LogP contribution in [0.2, 0.25) is 0 Å². The Balaban J connectivity index is 1.97. The first kappa shape index (κ1) is 14.2. The van der Waals surface area contributed by atoms with Crippen molar-refractivity contribution in [3.8, 4) is 0 Å². The molecule has 1 amide bonds. The molecule has 1 aliphatic heterocycles. The van der Waals surface area contributed by atoms with E-state index in [0.717, 1.165) is 17.9 Å². The Labute approximate surface area is 113 Å². The molecule has 0 aromatic heterocycles. The van der Waals surface area contributed by atoms with E-state index >= 15 is 0 Å². The SMILES string of the molecule is CCOC1CC(N)(C(=O)NC2CCSC2)C1(C)C. The number of rotatable bonds is 4. The maximum atomic E-state index is 12.4. The van der Waals surface area contributed by atoms with Gasteiger partial charge in [-0.15, -0.1) is 0 Å². The Morgan fingerprint density at radius 2 is 2.28 bits per heavy atom. The summed E-state index contributed by atoms with van der Waals surface area (Å²) in [5, 5.41) is 3.10. The molecule has 1 saturated heterocycles. The first-order valence-corrected chi connectivity index (χ1v) is 7.86. The van der Waals surface area contributed by atoms with Crippen molar-refractivity contribution in [3.05, 3.63) is 0 Å². The molecule has 4 nitrogen and oxygen atoms in total. The third kappa shape index (κ3) is 2.17. The molecule has 0 spiro atoms. The van der Waals surface area contributed by atoms with Crippen LogP contribution in [-0.4, -0.2) is 41.7 Å². The standard InChI is InChI=1S/C13H24N2O2S/c1-4-17-10-7-13(14,12(10,2)3)11(16)15-9-5-6-18-8-9/h9-10H,4-8,14H2,1-3H3,(H,15,16). The second-order valence-electron chi connectivity index (χ2n) is 5.88. The minimum Gasteiger partial charge on any atom is -0.378 e. The van der Waals surface area contributed by atoms with Gasteiger partial charge in [-0.3, -0.25) is 4.79 Å². The third-order valence-electron chi connectivity index (χ3n) is 4.50. The molecule has 1 heterocycles. The Kier molecular flexibility index (Phi) is 3.95. The molecule has 0 aromatic carbocycles. The van der Waals surface area contributed by atoms with Gasteiger partial charge in [0.05, 0.1) is 6.10 Å². The number of nitrogens with one attached hydrogen (secondary N) is 1. The van der Waals surface area contributed by atoms with Gasteiger partial charge in [-0.05, 0) is 19.1 Å². The van der Waals surface area contributed by atoms with E-state index in [1.54, 1.807) is 0 Å². The fraction of sp³-hybridized carbons (Fsp3) is 0.923. The van der Waals surface area contributed by atoms with Crippen LogP contribution in [0.25, 0.3) is 0 Å². The molecule has 5 heteroatoms. The number of carbonyl (C=O) groups is 1. The molecular weight excluding hydrogens is 248 g/mol. The number of nitrogens with two attached hydrogens (primary N) is 1. The summed E-state index contributed by atoms with van der Waals surface area (Å²) < 4.78 is 5.64. The van der Waals surface area contributed by atoms with E-state index < -0.39 is 5.54 Å². The molecule has 2 aliphatic rings. The second-order valence-corrected chi connectivity index (χ2v) is 7.02. The summed E-state index contributed by atoms with van der Waals surface area (Å²) in [6.07, 6.45) is 1.78. The predicted octanol–water partition coefficient (Wildman–Crippen LogP) is 1.14. The highest BCUT2D eigenvalue weighted by atomic mass is 32.2. The first-order chi connectivity index (χ1) is 8.41. The Morgan fingerprint density at radius 3 is 2.78 bits per heavy atom. The van der Waals surface area contributed by atoms with E-state index in [9.17, 15) is 4.79 Å². The van der Waals surface area contributed by atoms with Gasteiger partial charge in [-0.1, -0.05) is 13.8 Å². The van der Waals surface area contributed by atoms with Crippen molar-refractivity contribution in [1.82, 2.24) is 5.32 Å². The van der Waals surface area contributed by atoms with Crippen molar-refractivity contribution in [2.24, 2.45) is 11.1 Å². The highest BCUT2D eigenvalue weighted by Gasteiger charge is 2.63. The van der Waals surface area contributed by atoms with Gasteiger partial charge in [0.15, 0.2) is 0 Å². The quantitative estimate of drug-likeness (QED) is 0.805. The maximum absolute atomic E-state index is 12.4. The zero-order valence-electron chi connectivity index (χ0n) is 11.5. The van der Waals surface area contributed by atoms with Crippen molar-refractivity contribution in [3.63, 3.8) is 0 Å². The number of hydrogen-bond donors (Lipinski definition) is 2. The van der Waals surface area contributed by atoms with Gasteiger partial charge in [0.2, 0.25) is 5.91 Å². The van der Waals surface area contributed by atoms with Gasteiger partial charge >= 0.3 is 0 Å². The second kappa shape index (κ2) is 5.02. The summed E-state index contributed by atoms with van der Waals surface area (Å²) in [5.74, 6) is 2.14.